The summed E-state index contributed by atoms with van der Waals surface area (Å²) in [6.07, 6.45) is 2.01. The van der Waals surface area contributed by atoms with Gasteiger partial charge in [-0.15, -0.1) is 0 Å². The molecule has 90 valence electrons. The molecule has 0 unspecified atom stereocenters. The Morgan fingerprint density at radius 1 is 1.65 bits per heavy atom. The first kappa shape index (κ1) is 11.3. The van der Waals surface area contributed by atoms with Gasteiger partial charge in [0.25, 0.3) is 5.56 Å². The average molecular weight is 235 g/mol. The van der Waals surface area contributed by atoms with Gasteiger partial charge in [0.2, 0.25) is 5.95 Å². The molecule has 0 aliphatic rings. The standard InChI is InChI=1S/C10H13N5O2/c1-6(2-3-16)4-15-5-12-7-8(15)13-10(11)14-9(7)17/h5,16H,1-4H2,(H3,11,13,14,17). The number of H-pyrrole nitrogens is 1. The van der Waals surface area contributed by atoms with Gasteiger partial charge >= 0.3 is 0 Å². The number of fused-ring (bicyclic) bond motifs is 1. The molecule has 7 heteroatoms. The summed E-state index contributed by atoms with van der Waals surface area (Å²) in [4.78, 5) is 21.9. The molecule has 17 heavy (non-hydrogen) atoms. The third-order valence-electron chi connectivity index (χ3n) is 2.35. The van der Waals surface area contributed by atoms with E-state index >= 15 is 0 Å². The third kappa shape index (κ3) is 2.18. The molecule has 0 saturated heterocycles. The van der Waals surface area contributed by atoms with Gasteiger partial charge in [-0.05, 0) is 6.42 Å². The Morgan fingerprint density at radius 2 is 2.41 bits per heavy atom. The van der Waals surface area contributed by atoms with Crippen LogP contribution in [-0.4, -0.2) is 31.2 Å². The summed E-state index contributed by atoms with van der Waals surface area (Å²) < 4.78 is 1.68. The molecule has 0 atom stereocenters. The van der Waals surface area contributed by atoms with Crippen molar-refractivity contribution in [3.63, 3.8) is 0 Å². The highest BCUT2D eigenvalue weighted by atomic mass is 16.3. The number of nitrogen functional groups attached to an aromatic ring is 1. The Bertz CT molecular complexity index is 613. The number of imidazole rings is 1. The third-order valence-corrected chi connectivity index (χ3v) is 2.35. The highest BCUT2D eigenvalue weighted by Crippen LogP contribution is 2.09. The predicted molar refractivity (Wildman–Crippen MR) is 63.4 cm³/mol. The van der Waals surface area contributed by atoms with E-state index < -0.39 is 0 Å². The van der Waals surface area contributed by atoms with Crippen LogP contribution in [0.2, 0.25) is 0 Å². The van der Waals surface area contributed by atoms with E-state index in [0.29, 0.717) is 18.6 Å². The fourth-order valence-corrected chi connectivity index (χ4v) is 1.56. The van der Waals surface area contributed by atoms with Crippen LogP contribution in [0.3, 0.4) is 0 Å². The number of aliphatic hydroxyl groups is 1. The smallest absolute Gasteiger partial charge is 0.280 e. The van der Waals surface area contributed by atoms with Gasteiger partial charge in [-0.1, -0.05) is 12.2 Å². The van der Waals surface area contributed by atoms with E-state index in [-0.39, 0.29) is 23.6 Å². The zero-order valence-electron chi connectivity index (χ0n) is 9.18. The van der Waals surface area contributed by atoms with Crippen molar-refractivity contribution in [1.82, 2.24) is 19.5 Å². The zero-order chi connectivity index (χ0) is 12.4. The van der Waals surface area contributed by atoms with Crippen LogP contribution in [0, 0.1) is 0 Å². The largest absolute Gasteiger partial charge is 0.396 e. The van der Waals surface area contributed by atoms with E-state index in [9.17, 15) is 4.79 Å². The summed E-state index contributed by atoms with van der Waals surface area (Å²) in [5.74, 6) is 0.0528. The lowest BCUT2D eigenvalue weighted by molar-refractivity contribution is 0.297. The normalized spacial score (nSPS) is 10.9. The number of rotatable bonds is 4. The van der Waals surface area contributed by atoms with Crippen LogP contribution in [0.5, 0.6) is 0 Å². The SMILES string of the molecule is C=C(CCO)Cn1cnc2c(=O)[nH]c(N)nc21. The van der Waals surface area contributed by atoms with Crippen molar-refractivity contribution in [2.45, 2.75) is 13.0 Å². The molecule has 7 nitrogen and oxygen atoms in total. The van der Waals surface area contributed by atoms with Crippen molar-refractivity contribution in [3.05, 3.63) is 28.8 Å². The summed E-state index contributed by atoms with van der Waals surface area (Å²) in [5.41, 5.74) is 6.60. The number of nitrogens with one attached hydrogen (secondary N) is 1. The molecule has 2 rings (SSSR count). The van der Waals surface area contributed by atoms with Crippen molar-refractivity contribution < 1.29 is 5.11 Å². The Hall–Kier alpha value is -2.15. The van der Waals surface area contributed by atoms with Gasteiger partial charge in [0.15, 0.2) is 11.2 Å². The molecule has 0 amide bonds. The number of aromatic nitrogens is 4. The van der Waals surface area contributed by atoms with Crippen LogP contribution in [0.1, 0.15) is 6.42 Å². The Kier molecular flexibility index (Phi) is 2.92. The van der Waals surface area contributed by atoms with Gasteiger partial charge in [0.05, 0.1) is 6.33 Å². The fraction of sp³-hybridized carbons (Fsp3) is 0.300. The van der Waals surface area contributed by atoms with Crippen molar-refractivity contribution in [2.24, 2.45) is 0 Å². The Morgan fingerprint density at radius 3 is 3.12 bits per heavy atom. The quantitative estimate of drug-likeness (QED) is 0.627. The van der Waals surface area contributed by atoms with Crippen molar-refractivity contribution >= 4 is 17.1 Å². The van der Waals surface area contributed by atoms with Crippen LogP contribution in [-0.2, 0) is 6.54 Å². The first-order chi connectivity index (χ1) is 8.11. The van der Waals surface area contributed by atoms with Crippen molar-refractivity contribution in [1.29, 1.82) is 0 Å². The summed E-state index contributed by atoms with van der Waals surface area (Å²) in [7, 11) is 0. The van der Waals surface area contributed by atoms with Crippen LogP contribution in [0.4, 0.5) is 5.95 Å². The Balaban J connectivity index is 2.42. The minimum Gasteiger partial charge on any atom is -0.396 e. The van der Waals surface area contributed by atoms with E-state index in [1.54, 1.807) is 4.57 Å². The first-order valence-electron chi connectivity index (χ1n) is 5.10. The maximum absolute atomic E-state index is 11.5. The average Bonchev–Trinajstić information content (AvgIpc) is 2.62. The van der Waals surface area contributed by atoms with Crippen LogP contribution < -0.4 is 11.3 Å². The number of hydrogen-bond donors (Lipinski definition) is 3. The molecule has 2 aromatic rings. The maximum atomic E-state index is 11.5. The van der Waals surface area contributed by atoms with Gasteiger partial charge in [-0.2, -0.15) is 4.98 Å². The summed E-state index contributed by atoms with van der Waals surface area (Å²) in [6.45, 7) is 4.31. The molecule has 2 heterocycles. The number of nitrogens with zero attached hydrogens (tertiary/aromatic N) is 3. The second-order valence-electron chi connectivity index (χ2n) is 3.72. The lowest BCUT2D eigenvalue weighted by Crippen LogP contribution is -2.12. The second-order valence-corrected chi connectivity index (χ2v) is 3.72. The molecule has 2 aromatic heterocycles. The molecule has 0 bridgehead atoms. The van der Waals surface area contributed by atoms with Gasteiger partial charge < -0.3 is 15.4 Å². The minimum absolute atomic E-state index is 0.0433. The first-order valence-corrected chi connectivity index (χ1v) is 5.10. The molecule has 0 aromatic carbocycles. The fourth-order valence-electron chi connectivity index (χ4n) is 1.56. The molecule has 0 saturated carbocycles. The van der Waals surface area contributed by atoms with Gasteiger partial charge in [-0.25, -0.2) is 4.98 Å². The summed E-state index contributed by atoms with van der Waals surface area (Å²) >= 11 is 0. The number of nitrogens with two attached hydrogens (primary N) is 1. The van der Waals surface area contributed by atoms with Gasteiger partial charge in [0, 0.05) is 13.2 Å². The highest BCUT2D eigenvalue weighted by Gasteiger charge is 2.09. The highest BCUT2D eigenvalue weighted by molar-refractivity contribution is 5.70. The van der Waals surface area contributed by atoms with Crippen LogP contribution in [0.15, 0.2) is 23.3 Å². The lowest BCUT2D eigenvalue weighted by Gasteiger charge is -2.05. The van der Waals surface area contributed by atoms with Crippen molar-refractivity contribution in [3.8, 4) is 0 Å². The molecule has 0 radical (unpaired) electrons. The number of hydrogen-bond acceptors (Lipinski definition) is 5. The number of aliphatic hydroxyl groups excluding tert-OH is 1. The number of aromatic amines is 1. The summed E-state index contributed by atoms with van der Waals surface area (Å²) in [5, 5.41) is 8.79. The molecule has 0 aliphatic carbocycles. The van der Waals surface area contributed by atoms with Gasteiger partial charge in [-0.3, -0.25) is 9.78 Å². The van der Waals surface area contributed by atoms with E-state index in [2.05, 4.69) is 21.5 Å². The van der Waals surface area contributed by atoms with Crippen molar-refractivity contribution in [2.75, 3.05) is 12.3 Å². The molecule has 0 aliphatic heterocycles. The summed E-state index contributed by atoms with van der Waals surface area (Å²) in [6, 6.07) is 0. The molecular weight excluding hydrogens is 222 g/mol. The molecular formula is C10H13N5O2. The second kappa shape index (κ2) is 4.38. The molecule has 0 spiro atoms. The van der Waals surface area contributed by atoms with E-state index in [1.165, 1.54) is 6.33 Å². The number of anilines is 1. The van der Waals surface area contributed by atoms with E-state index in [0.717, 1.165) is 5.57 Å². The topological polar surface area (TPSA) is 110 Å². The van der Waals surface area contributed by atoms with E-state index in [1.807, 2.05) is 0 Å². The zero-order valence-corrected chi connectivity index (χ0v) is 9.18. The van der Waals surface area contributed by atoms with Crippen LogP contribution in [0.25, 0.3) is 11.2 Å². The lowest BCUT2D eigenvalue weighted by atomic mass is 10.2. The van der Waals surface area contributed by atoms with Crippen LogP contribution >= 0.6 is 0 Å². The minimum atomic E-state index is -0.362. The molecule has 0 fully saturated rings. The van der Waals surface area contributed by atoms with E-state index in [4.69, 9.17) is 10.8 Å². The van der Waals surface area contributed by atoms with Gasteiger partial charge in [0.1, 0.15) is 0 Å². The monoisotopic (exact) mass is 235 g/mol. The molecule has 4 N–H and O–H groups in total. The predicted octanol–water partition coefficient (Wildman–Crippen LogP) is -0.360. The Labute approximate surface area is 96.6 Å². The maximum Gasteiger partial charge on any atom is 0.280 e.